The van der Waals surface area contributed by atoms with Crippen LogP contribution in [0.1, 0.15) is 48.2 Å². The van der Waals surface area contributed by atoms with Crippen molar-refractivity contribution in [2.45, 2.75) is 44.2 Å². The van der Waals surface area contributed by atoms with Gasteiger partial charge in [0.05, 0.1) is 16.2 Å². The van der Waals surface area contributed by atoms with Crippen molar-refractivity contribution in [3.63, 3.8) is 0 Å². The van der Waals surface area contributed by atoms with E-state index >= 15 is 0 Å². The highest BCUT2D eigenvalue weighted by atomic mass is 35.5. The van der Waals surface area contributed by atoms with Gasteiger partial charge >= 0.3 is 6.18 Å². The molecule has 0 aliphatic carbocycles. The maximum Gasteiger partial charge on any atom is 0.417 e. The quantitative estimate of drug-likeness (QED) is 0.717. The monoisotopic (exact) mass is 356 g/mol. The summed E-state index contributed by atoms with van der Waals surface area (Å²) < 4.78 is 63.9. The zero-order valence-corrected chi connectivity index (χ0v) is 13.7. The first kappa shape index (κ1) is 19.0. The Morgan fingerprint density at radius 3 is 2.23 bits per heavy atom. The maximum absolute atomic E-state index is 13.2. The molecule has 0 bridgehead atoms. The van der Waals surface area contributed by atoms with Crippen molar-refractivity contribution < 1.29 is 26.4 Å². The fourth-order valence-corrected chi connectivity index (χ4v) is 3.92. The summed E-state index contributed by atoms with van der Waals surface area (Å²) in [5, 5.41) is -1.04. The van der Waals surface area contributed by atoms with Gasteiger partial charge < -0.3 is 0 Å². The molecule has 1 rings (SSSR count). The maximum atomic E-state index is 13.2. The lowest BCUT2D eigenvalue weighted by Gasteiger charge is -2.16. The number of unbranched alkanes of at least 4 members (excludes halogenated alkanes) is 1. The molecule has 0 N–H and O–H groups in total. The van der Waals surface area contributed by atoms with Gasteiger partial charge in [-0.2, -0.15) is 13.2 Å². The molecule has 1 aromatic rings. The van der Waals surface area contributed by atoms with E-state index in [2.05, 4.69) is 0 Å². The van der Waals surface area contributed by atoms with Crippen LogP contribution in [0.5, 0.6) is 0 Å². The van der Waals surface area contributed by atoms with Gasteiger partial charge in [0.2, 0.25) is 0 Å². The molecule has 124 valence electrons. The summed E-state index contributed by atoms with van der Waals surface area (Å²) in [6.07, 6.45) is -3.89. The Balaban J connectivity index is 3.65. The van der Waals surface area contributed by atoms with E-state index in [4.69, 9.17) is 11.6 Å². The van der Waals surface area contributed by atoms with Crippen LogP contribution in [-0.4, -0.2) is 19.4 Å². The molecule has 0 aromatic heterocycles. The van der Waals surface area contributed by atoms with Crippen LogP contribution in [0, 0.1) is 0 Å². The van der Waals surface area contributed by atoms with Gasteiger partial charge in [-0.05, 0) is 42.1 Å². The molecule has 0 aliphatic rings. The normalized spacial score (nSPS) is 12.5. The molecule has 1 aromatic carbocycles. The van der Waals surface area contributed by atoms with Crippen LogP contribution in [0.4, 0.5) is 13.2 Å². The summed E-state index contributed by atoms with van der Waals surface area (Å²) in [5.74, 6) is -0.371. The van der Waals surface area contributed by atoms with Crippen molar-refractivity contribution in [2.24, 2.45) is 0 Å². The number of sulfone groups is 1. The predicted octanol–water partition coefficient (Wildman–Crippen LogP) is 4.22. The van der Waals surface area contributed by atoms with E-state index in [9.17, 15) is 26.4 Å². The fraction of sp³-hybridized carbons (Fsp3) is 0.500. The molecular formula is C14H16ClF3O3S. The van der Waals surface area contributed by atoms with Crippen LogP contribution in [0.3, 0.4) is 0 Å². The Hall–Kier alpha value is -1.08. The second-order valence-corrected chi connectivity index (χ2v) is 7.22. The largest absolute Gasteiger partial charge is 0.417 e. The first-order valence-electron chi connectivity index (χ1n) is 6.71. The highest BCUT2D eigenvalue weighted by molar-refractivity contribution is 7.91. The molecular weight excluding hydrogens is 341 g/mol. The summed E-state index contributed by atoms with van der Waals surface area (Å²) in [4.78, 5) is 10.5. The molecule has 0 fully saturated rings. The van der Waals surface area contributed by atoms with E-state index < -0.39 is 31.7 Å². The van der Waals surface area contributed by atoms with E-state index in [1.165, 1.54) is 0 Å². The average Bonchev–Trinajstić information content (AvgIpc) is 2.42. The average molecular weight is 357 g/mol. The van der Waals surface area contributed by atoms with Crippen LogP contribution in [0.25, 0.3) is 0 Å². The van der Waals surface area contributed by atoms with Crippen LogP contribution >= 0.6 is 11.6 Å². The standard InChI is InChI=1S/C14H16ClF3O3S/c1-3-5-6-22(20,21)12-7-9(4-2)10(13(15)19)8-11(12)14(16,17)18/h7-8H,3-6H2,1-2H3. The number of aryl methyl sites for hydroxylation is 1. The number of hydrogen-bond donors (Lipinski definition) is 0. The second kappa shape index (κ2) is 7.00. The molecule has 0 aliphatic heterocycles. The van der Waals surface area contributed by atoms with Crippen LogP contribution in [-0.2, 0) is 22.4 Å². The van der Waals surface area contributed by atoms with Gasteiger partial charge in [0, 0.05) is 5.56 Å². The number of carbonyl (C=O) groups is 1. The molecule has 0 saturated heterocycles. The molecule has 0 radical (unpaired) electrons. The third kappa shape index (κ3) is 4.23. The Labute approximate surface area is 132 Å². The van der Waals surface area contributed by atoms with Crippen molar-refractivity contribution in [3.05, 3.63) is 28.8 Å². The van der Waals surface area contributed by atoms with Crippen molar-refractivity contribution in [2.75, 3.05) is 5.75 Å². The second-order valence-electron chi connectivity index (χ2n) is 4.80. The third-order valence-corrected chi connectivity index (χ3v) is 5.24. The Kier molecular flexibility index (Phi) is 6.03. The molecule has 0 unspecified atom stereocenters. The summed E-state index contributed by atoms with van der Waals surface area (Å²) >= 11 is 5.30. The third-order valence-electron chi connectivity index (χ3n) is 3.21. The van der Waals surface area contributed by atoms with E-state index in [-0.39, 0.29) is 29.7 Å². The van der Waals surface area contributed by atoms with E-state index in [0.717, 1.165) is 6.07 Å². The van der Waals surface area contributed by atoms with Gasteiger partial charge in [-0.15, -0.1) is 0 Å². The van der Waals surface area contributed by atoms with Crippen LogP contribution < -0.4 is 0 Å². The van der Waals surface area contributed by atoms with Gasteiger partial charge in [0.15, 0.2) is 9.84 Å². The molecule has 3 nitrogen and oxygen atoms in total. The van der Waals surface area contributed by atoms with Gasteiger partial charge in [-0.25, -0.2) is 8.42 Å². The lowest BCUT2D eigenvalue weighted by atomic mass is 10.0. The van der Waals surface area contributed by atoms with Gasteiger partial charge in [-0.1, -0.05) is 20.3 Å². The minimum Gasteiger partial charge on any atom is -0.276 e. The molecule has 0 saturated carbocycles. The zero-order valence-electron chi connectivity index (χ0n) is 12.1. The van der Waals surface area contributed by atoms with Gasteiger partial charge in [0.1, 0.15) is 0 Å². The summed E-state index contributed by atoms with van der Waals surface area (Å²) in [6, 6.07) is 1.45. The molecule has 0 heterocycles. The van der Waals surface area contributed by atoms with E-state index in [0.29, 0.717) is 12.5 Å². The lowest BCUT2D eigenvalue weighted by molar-refractivity contribution is -0.139. The Morgan fingerprint density at radius 1 is 1.23 bits per heavy atom. The molecule has 22 heavy (non-hydrogen) atoms. The van der Waals surface area contributed by atoms with Crippen molar-refractivity contribution >= 4 is 26.7 Å². The molecule has 8 heteroatoms. The smallest absolute Gasteiger partial charge is 0.276 e. The summed E-state index contributed by atoms with van der Waals surface area (Å²) in [7, 11) is -4.09. The summed E-state index contributed by atoms with van der Waals surface area (Å²) in [6.45, 7) is 3.35. The van der Waals surface area contributed by atoms with Gasteiger partial charge in [-0.3, -0.25) is 4.79 Å². The minimum atomic E-state index is -4.89. The predicted molar refractivity (Wildman–Crippen MR) is 78.0 cm³/mol. The van der Waals surface area contributed by atoms with E-state index in [1.807, 2.05) is 0 Å². The fourth-order valence-electron chi connectivity index (χ4n) is 2.02. The van der Waals surface area contributed by atoms with Crippen molar-refractivity contribution in [1.29, 1.82) is 0 Å². The SMILES string of the molecule is CCCCS(=O)(=O)c1cc(CC)c(C(=O)Cl)cc1C(F)(F)F. The first-order chi connectivity index (χ1) is 10.0. The van der Waals surface area contributed by atoms with Crippen LogP contribution in [0.2, 0.25) is 0 Å². The highest BCUT2D eigenvalue weighted by Gasteiger charge is 2.38. The first-order valence-corrected chi connectivity index (χ1v) is 8.74. The van der Waals surface area contributed by atoms with E-state index in [1.54, 1.807) is 13.8 Å². The lowest BCUT2D eigenvalue weighted by Crippen LogP contribution is -2.17. The molecule has 0 atom stereocenters. The number of halogens is 4. The van der Waals surface area contributed by atoms with Gasteiger partial charge in [0.25, 0.3) is 5.24 Å². The minimum absolute atomic E-state index is 0.183. The Morgan fingerprint density at radius 2 is 1.82 bits per heavy atom. The number of benzene rings is 1. The van der Waals surface area contributed by atoms with Crippen LogP contribution in [0.15, 0.2) is 17.0 Å². The Bertz CT molecular complexity index is 667. The number of alkyl halides is 3. The van der Waals surface area contributed by atoms with Crippen molar-refractivity contribution in [1.82, 2.24) is 0 Å². The zero-order chi connectivity index (χ0) is 17.1. The molecule has 0 amide bonds. The topological polar surface area (TPSA) is 51.2 Å². The number of carbonyl (C=O) groups excluding carboxylic acids is 1. The molecule has 0 spiro atoms. The van der Waals surface area contributed by atoms with Crippen molar-refractivity contribution in [3.8, 4) is 0 Å². The number of rotatable bonds is 6. The highest BCUT2D eigenvalue weighted by Crippen LogP contribution is 2.37. The number of hydrogen-bond acceptors (Lipinski definition) is 3. The summed E-state index contributed by atoms with van der Waals surface area (Å²) in [5.41, 5.74) is -1.47.